The molecule has 48 heavy (non-hydrogen) atoms. The summed E-state index contributed by atoms with van der Waals surface area (Å²) in [6.45, 7) is 0. The normalized spacial score (nSPS) is 15.9. The molecule has 2 aromatic heterocycles. The zero-order chi connectivity index (χ0) is 33.0. The topological polar surface area (TPSA) is 127 Å². The van der Waals surface area contributed by atoms with E-state index in [2.05, 4.69) is 15.6 Å². The second kappa shape index (κ2) is 13.5. The molecule has 1 aliphatic rings. The number of nitrogens with zero attached hydrogens (tertiary/aromatic N) is 1. The Morgan fingerprint density at radius 3 is 2.23 bits per heavy atom. The quantitative estimate of drug-likeness (QED) is 0.143. The molecule has 0 atom stereocenters. The number of pyridine rings is 1. The van der Waals surface area contributed by atoms with Crippen molar-refractivity contribution in [3.8, 4) is 17.4 Å². The molecule has 0 radical (unpaired) electrons. The Morgan fingerprint density at radius 1 is 0.750 bits per heavy atom. The molecule has 1 fully saturated rings. The van der Waals surface area contributed by atoms with Gasteiger partial charge in [-0.3, -0.25) is 9.59 Å². The molecule has 10 heteroatoms. The van der Waals surface area contributed by atoms with Crippen LogP contribution in [0.15, 0.2) is 109 Å². The minimum atomic E-state index is -1.13. The Labute approximate surface area is 280 Å². The third kappa shape index (κ3) is 6.98. The molecule has 6 aromatic rings. The van der Waals surface area contributed by atoms with Crippen LogP contribution in [-0.2, 0) is 0 Å². The minimum absolute atomic E-state index is 0.00210. The van der Waals surface area contributed by atoms with Crippen molar-refractivity contribution in [3.05, 3.63) is 125 Å². The number of amides is 2. The molecule has 3 N–H and O–H groups in total. The lowest BCUT2D eigenvalue weighted by Crippen LogP contribution is -2.39. The fourth-order valence-corrected chi connectivity index (χ4v) is 6.84. The van der Waals surface area contributed by atoms with Crippen molar-refractivity contribution in [3.63, 3.8) is 0 Å². The van der Waals surface area contributed by atoms with Crippen LogP contribution in [0.3, 0.4) is 0 Å². The second-order valence-corrected chi connectivity index (χ2v) is 12.8. The van der Waals surface area contributed by atoms with E-state index in [0.29, 0.717) is 11.6 Å². The number of ether oxygens (including phenoxy) is 2. The van der Waals surface area contributed by atoms with Crippen molar-refractivity contribution in [2.45, 2.75) is 37.8 Å². The zero-order valence-electron chi connectivity index (χ0n) is 25.7. The van der Waals surface area contributed by atoms with Crippen molar-refractivity contribution >= 4 is 55.7 Å². The predicted octanol–water partition coefficient (Wildman–Crippen LogP) is 8.31. The molecule has 4 aromatic carbocycles. The van der Waals surface area contributed by atoms with Crippen molar-refractivity contribution in [2.75, 3.05) is 5.32 Å². The number of aromatic carboxylic acids is 1. The van der Waals surface area contributed by atoms with E-state index in [0.717, 1.165) is 57.2 Å². The molecule has 0 unspecified atom stereocenters. The Bertz CT molecular complexity index is 2100. The molecule has 0 aliphatic heterocycles. The van der Waals surface area contributed by atoms with Crippen molar-refractivity contribution < 1.29 is 29.0 Å². The van der Waals surface area contributed by atoms with Gasteiger partial charge in [0.25, 0.3) is 11.8 Å². The Kier molecular flexibility index (Phi) is 8.72. The molecule has 0 bridgehead atoms. The Balaban J connectivity index is 0.914. The third-order valence-electron chi connectivity index (χ3n) is 8.37. The third-order valence-corrected chi connectivity index (χ3v) is 9.49. The van der Waals surface area contributed by atoms with Gasteiger partial charge >= 0.3 is 5.97 Å². The molecule has 7 rings (SSSR count). The van der Waals surface area contributed by atoms with Gasteiger partial charge in [-0.1, -0.05) is 42.5 Å². The largest absolute Gasteiger partial charge is 0.490 e. The molecule has 1 aliphatic carbocycles. The Hall–Kier alpha value is -5.74. The van der Waals surface area contributed by atoms with Gasteiger partial charge in [0, 0.05) is 23.0 Å². The smallest absolute Gasteiger partial charge is 0.337 e. The van der Waals surface area contributed by atoms with Crippen LogP contribution in [0.2, 0.25) is 0 Å². The van der Waals surface area contributed by atoms with Gasteiger partial charge in [-0.05, 0) is 96.4 Å². The Morgan fingerprint density at radius 2 is 1.48 bits per heavy atom. The maximum atomic E-state index is 12.9. The van der Waals surface area contributed by atoms with E-state index < -0.39 is 11.9 Å². The molecule has 0 saturated heterocycles. The number of thiophene rings is 1. The number of anilines is 1. The SMILES string of the molecule is O=C(Nc1ccccc1C(=O)O)c1ccc(Oc2ccc3cc(OC4CCC(NC(=O)c5cc6ccccc6s5)CC4)ccc3c2)nc1. The van der Waals surface area contributed by atoms with E-state index in [-0.39, 0.29) is 34.9 Å². The van der Waals surface area contributed by atoms with Crippen LogP contribution >= 0.6 is 11.3 Å². The number of benzene rings is 4. The first kappa shape index (κ1) is 30.9. The van der Waals surface area contributed by atoms with Gasteiger partial charge in [0.05, 0.1) is 27.8 Å². The summed E-state index contributed by atoms with van der Waals surface area (Å²) in [6.07, 6.45) is 4.94. The van der Waals surface area contributed by atoms with Crippen LogP contribution in [0.1, 0.15) is 56.1 Å². The van der Waals surface area contributed by atoms with Crippen LogP contribution in [-0.4, -0.2) is 40.0 Å². The van der Waals surface area contributed by atoms with Crippen molar-refractivity contribution in [2.24, 2.45) is 0 Å². The highest BCUT2D eigenvalue weighted by Crippen LogP contribution is 2.31. The van der Waals surface area contributed by atoms with Gasteiger partial charge in [0.15, 0.2) is 0 Å². The fraction of sp³-hybridized carbons (Fsp3) is 0.158. The number of carboxylic acids is 1. The van der Waals surface area contributed by atoms with Crippen LogP contribution in [0, 0.1) is 0 Å². The van der Waals surface area contributed by atoms with E-state index in [9.17, 15) is 19.5 Å². The van der Waals surface area contributed by atoms with Gasteiger partial charge in [-0.15, -0.1) is 11.3 Å². The summed E-state index contributed by atoms with van der Waals surface area (Å²) in [7, 11) is 0. The molecular weight excluding hydrogens is 627 g/mol. The van der Waals surface area contributed by atoms with Crippen molar-refractivity contribution in [1.82, 2.24) is 10.3 Å². The summed E-state index contributed by atoms with van der Waals surface area (Å²) in [4.78, 5) is 42.0. The summed E-state index contributed by atoms with van der Waals surface area (Å²) in [5, 5.41) is 18.3. The summed E-state index contributed by atoms with van der Waals surface area (Å²) < 4.78 is 13.4. The fourth-order valence-electron chi connectivity index (χ4n) is 5.88. The monoisotopic (exact) mass is 657 g/mol. The number of carbonyl (C=O) groups excluding carboxylic acids is 2. The lowest BCUT2D eigenvalue weighted by Gasteiger charge is -2.29. The van der Waals surface area contributed by atoms with Crippen molar-refractivity contribution in [1.29, 1.82) is 0 Å². The van der Waals surface area contributed by atoms with Crippen LogP contribution in [0.4, 0.5) is 5.69 Å². The average molecular weight is 658 g/mol. The summed E-state index contributed by atoms with van der Waals surface area (Å²) >= 11 is 1.53. The standard InChI is InChI=1S/C38H31N3O6S/c42-36(41-32-7-3-2-6-31(32)38(44)45)26-11-18-35(39-22-26)47-30-15-10-23-19-29(14-9-24(23)20-30)46-28-16-12-27(13-17-28)40-37(43)34-21-25-5-1-4-8-33(25)48-34/h1-11,14-15,18-22,27-28H,12-13,16-17H2,(H,40,43)(H,41,42)(H,44,45). The average Bonchev–Trinajstić information content (AvgIpc) is 3.55. The second-order valence-electron chi connectivity index (χ2n) is 11.7. The number of carbonyl (C=O) groups is 3. The van der Waals surface area contributed by atoms with E-state index in [1.807, 2.05) is 66.7 Å². The van der Waals surface area contributed by atoms with E-state index in [1.54, 1.807) is 24.3 Å². The lowest BCUT2D eigenvalue weighted by atomic mass is 9.93. The molecule has 240 valence electrons. The van der Waals surface area contributed by atoms with Gasteiger partial charge in [-0.25, -0.2) is 9.78 Å². The van der Waals surface area contributed by atoms with Crippen LogP contribution in [0.25, 0.3) is 20.9 Å². The van der Waals surface area contributed by atoms with Gasteiger partial charge in [0.2, 0.25) is 5.88 Å². The molecule has 2 heterocycles. The van der Waals surface area contributed by atoms with Crippen LogP contribution in [0.5, 0.6) is 17.4 Å². The highest BCUT2D eigenvalue weighted by Gasteiger charge is 2.25. The molecular formula is C38H31N3O6S. The van der Waals surface area contributed by atoms with E-state index in [4.69, 9.17) is 9.47 Å². The molecule has 0 spiro atoms. The van der Waals surface area contributed by atoms with Gasteiger partial charge in [-0.2, -0.15) is 0 Å². The van der Waals surface area contributed by atoms with E-state index >= 15 is 0 Å². The minimum Gasteiger partial charge on any atom is -0.490 e. The number of hydrogen-bond acceptors (Lipinski definition) is 7. The highest BCUT2D eigenvalue weighted by molar-refractivity contribution is 7.20. The van der Waals surface area contributed by atoms with Gasteiger partial charge in [0.1, 0.15) is 11.5 Å². The maximum absolute atomic E-state index is 12.9. The highest BCUT2D eigenvalue weighted by atomic mass is 32.1. The lowest BCUT2D eigenvalue weighted by molar-refractivity contribution is 0.0697. The molecule has 9 nitrogen and oxygen atoms in total. The number of nitrogens with one attached hydrogen (secondary N) is 2. The zero-order valence-corrected chi connectivity index (χ0v) is 26.5. The maximum Gasteiger partial charge on any atom is 0.337 e. The first-order chi connectivity index (χ1) is 23.4. The number of rotatable bonds is 9. The summed E-state index contributed by atoms with van der Waals surface area (Å²) in [6, 6.07) is 31.2. The summed E-state index contributed by atoms with van der Waals surface area (Å²) in [5.41, 5.74) is 0.471. The predicted molar refractivity (Wildman–Crippen MR) is 186 cm³/mol. The number of fused-ring (bicyclic) bond motifs is 2. The molecule has 1 saturated carbocycles. The number of para-hydroxylation sites is 1. The summed E-state index contributed by atoms with van der Waals surface area (Å²) in [5.74, 6) is 0.0939. The number of carboxylic acid groups (broad SMARTS) is 1. The van der Waals surface area contributed by atoms with Gasteiger partial charge < -0.3 is 25.2 Å². The first-order valence-electron chi connectivity index (χ1n) is 15.7. The first-order valence-corrected chi connectivity index (χ1v) is 16.5. The number of hydrogen-bond donors (Lipinski definition) is 3. The van der Waals surface area contributed by atoms with E-state index in [1.165, 1.54) is 29.7 Å². The molecule has 2 amide bonds. The number of aromatic nitrogens is 1. The van der Waals surface area contributed by atoms with Crippen LogP contribution < -0.4 is 20.1 Å².